The van der Waals surface area contributed by atoms with Crippen molar-refractivity contribution in [2.24, 2.45) is 5.92 Å². The van der Waals surface area contributed by atoms with Crippen LogP contribution < -0.4 is 15.4 Å². The molecule has 0 bridgehead atoms. The number of hydrogen-bond acceptors (Lipinski definition) is 6. The second-order valence-electron chi connectivity index (χ2n) is 8.28. The van der Waals surface area contributed by atoms with Crippen molar-refractivity contribution in [1.29, 1.82) is 0 Å². The Kier molecular flexibility index (Phi) is 6.22. The number of rotatable bonds is 5. The van der Waals surface area contributed by atoms with Gasteiger partial charge in [-0.2, -0.15) is 4.31 Å². The number of anilines is 2. The molecule has 10 heteroatoms. The van der Waals surface area contributed by atoms with Gasteiger partial charge in [0.2, 0.25) is 15.9 Å². The largest absolute Gasteiger partial charge is 0.482 e. The Morgan fingerprint density at radius 3 is 2.61 bits per heavy atom. The van der Waals surface area contributed by atoms with Gasteiger partial charge in [-0.1, -0.05) is 0 Å². The summed E-state index contributed by atoms with van der Waals surface area (Å²) in [5.41, 5.74) is 2.02. The molecule has 0 radical (unpaired) electrons. The van der Waals surface area contributed by atoms with E-state index < -0.39 is 15.9 Å². The Balaban J connectivity index is 1.50. The van der Waals surface area contributed by atoms with Crippen molar-refractivity contribution in [3.05, 3.63) is 47.5 Å². The highest BCUT2D eigenvalue weighted by Crippen LogP contribution is 2.35. The summed E-state index contributed by atoms with van der Waals surface area (Å²) in [7, 11) is -3.87. The Bertz CT molecular complexity index is 1220. The van der Waals surface area contributed by atoms with E-state index in [1.54, 1.807) is 37.3 Å². The average Bonchev–Trinajstić information content (AvgIpc) is 2.78. The van der Waals surface area contributed by atoms with E-state index in [1.165, 1.54) is 17.3 Å². The van der Waals surface area contributed by atoms with Crippen molar-refractivity contribution >= 4 is 39.0 Å². The number of fused-ring (bicyclic) bond motifs is 1. The fourth-order valence-electron chi connectivity index (χ4n) is 4.04. The van der Waals surface area contributed by atoms with Gasteiger partial charge in [-0.25, -0.2) is 8.42 Å². The minimum Gasteiger partial charge on any atom is -0.482 e. The summed E-state index contributed by atoms with van der Waals surface area (Å²) in [5, 5.41) is 5.48. The third-order valence-corrected chi connectivity index (χ3v) is 7.85. The molecule has 0 spiro atoms. The fourth-order valence-corrected chi connectivity index (χ4v) is 5.79. The monoisotopic (exact) mass is 471 g/mol. The van der Waals surface area contributed by atoms with Gasteiger partial charge in [-0.15, -0.1) is 0 Å². The predicted molar refractivity (Wildman–Crippen MR) is 122 cm³/mol. The highest BCUT2D eigenvalue weighted by molar-refractivity contribution is 7.89. The standard InChI is InChI=1S/C23H25N3O6S/c1-14-10-19-20(32-13-22(28)25-19)11-21(14)33(30,31)26-9-3-4-17(12-26)23(29)24-18-7-5-16(6-8-18)15(2)27/h5-8,10-11,17H,3-4,9,12-13H2,1-2H3,(H,24,29)(H,25,28)/t17-/m1/s1. The highest BCUT2D eigenvalue weighted by Gasteiger charge is 2.35. The lowest BCUT2D eigenvalue weighted by molar-refractivity contribution is -0.121. The molecule has 0 aliphatic carbocycles. The van der Waals surface area contributed by atoms with Crippen molar-refractivity contribution in [1.82, 2.24) is 4.31 Å². The number of hydrogen-bond donors (Lipinski definition) is 2. The predicted octanol–water partition coefficient (Wildman–Crippen LogP) is 2.57. The lowest BCUT2D eigenvalue weighted by Crippen LogP contribution is -2.43. The van der Waals surface area contributed by atoms with E-state index in [0.717, 1.165) is 0 Å². The summed E-state index contributed by atoms with van der Waals surface area (Å²) in [6, 6.07) is 9.60. The number of carbonyl (C=O) groups is 3. The number of amides is 2. The van der Waals surface area contributed by atoms with Gasteiger partial charge in [-0.05, 0) is 62.6 Å². The molecule has 2 amide bonds. The minimum atomic E-state index is -3.87. The summed E-state index contributed by atoms with van der Waals surface area (Å²) in [6.45, 7) is 3.33. The van der Waals surface area contributed by atoms with Crippen LogP contribution in [-0.2, 0) is 19.6 Å². The van der Waals surface area contributed by atoms with Crippen molar-refractivity contribution in [2.45, 2.75) is 31.6 Å². The van der Waals surface area contributed by atoms with Crippen LogP contribution in [0.1, 0.15) is 35.7 Å². The van der Waals surface area contributed by atoms with Gasteiger partial charge in [0.25, 0.3) is 5.91 Å². The molecule has 0 unspecified atom stereocenters. The fraction of sp³-hybridized carbons (Fsp3) is 0.348. The number of Topliss-reactive ketones (excluding diaryl/α,β-unsaturated/α-hetero) is 1. The molecule has 2 heterocycles. The molecule has 0 saturated carbocycles. The maximum Gasteiger partial charge on any atom is 0.262 e. The highest BCUT2D eigenvalue weighted by atomic mass is 32.2. The number of benzene rings is 2. The van der Waals surface area contributed by atoms with Crippen LogP contribution in [0.4, 0.5) is 11.4 Å². The summed E-state index contributed by atoms with van der Waals surface area (Å²) in [6.07, 6.45) is 1.12. The smallest absolute Gasteiger partial charge is 0.262 e. The average molecular weight is 472 g/mol. The molecular weight excluding hydrogens is 446 g/mol. The van der Waals surface area contributed by atoms with E-state index in [4.69, 9.17) is 4.74 Å². The molecule has 9 nitrogen and oxygen atoms in total. The third-order valence-electron chi connectivity index (χ3n) is 5.84. The van der Waals surface area contributed by atoms with Crippen LogP contribution in [0.2, 0.25) is 0 Å². The van der Waals surface area contributed by atoms with Gasteiger partial charge in [-0.3, -0.25) is 14.4 Å². The number of sulfonamides is 1. The van der Waals surface area contributed by atoms with Crippen LogP contribution >= 0.6 is 0 Å². The lowest BCUT2D eigenvalue weighted by Gasteiger charge is -2.32. The molecule has 2 N–H and O–H groups in total. The Labute approximate surface area is 192 Å². The van der Waals surface area contributed by atoms with Gasteiger partial charge in [0.05, 0.1) is 16.5 Å². The van der Waals surface area contributed by atoms with E-state index in [9.17, 15) is 22.8 Å². The Morgan fingerprint density at radius 1 is 1.18 bits per heavy atom. The Morgan fingerprint density at radius 2 is 1.91 bits per heavy atom. The van der Waals surface area contributed by atoms with E-state index in [0.29, 0.717) is 47.6 Å². The van der Waals surface area contributed by atoms with Gasteiger partial charge >= 0.3 is 0 Å². The first-order chi connectivity index (χ1) is 15.6. The number of ether oxygens (including phenoxy) is 1. The van der Waals surface area contributed by atoms with E-state index in [-0.39, 0.29) is 35.6 Å². The lowest BCUT2D eigenvalue weighted by atomic mass is 9.98. The van der Waals surface area contributed by atoms with E-state index in [1.807, 2.05) is 0 Å². The molecule has 1 atom stereocenters. The second kappa shape index (κ2) is 8.95. The molecule has 4 rings (SSSR count). The molecule has 2 aliphatic rings. The maximum atomic E-state index is 13.4. The van der Waals surface area contributed by atoms with Crippen LogP contribution in [0, 0.1) is 12.8 Å². The third kappa shape index (κ3) is 4.76. The summed E-state index contributed by atoms with van der Waals surface area (Å²) in [4.78, 5) is 35.9. The number of nitrogens with zero attached hydrogens (tertiary/aromatic N) is 1. The number of nitrogens with one attached hydrogen (secondary N) is 2. The van der Waals surface area contributed by atoms with Crippen LogP contribution in [0.25, 0.3) is 0 Å². The molecule has 174 valence electrons. The molecular formula is C23H25N3O6S. The zero-order chi connectivity index (χ0) is 23.8. The first-order valence-electron chi connectivity index (χ1n) is 10.6. The zero-order valence-corrected chi connectivity index (χ0v) is 19.2. The minimum absolute atomic E-state index is 0.0633. The van der Waals surface area contributed by atoms with Crippen LogP contribution in [0.3, 0.4) is 0 Å². The topological polar surface area (TPSA) is 122 Å². The zero-order valence-electron chi connectivity index (χ0n) is 18.4. The molecule has 1 saturated heterocycles. The van der Waals surface area contributed by atoms with E-state index in [2.05, 4.69) is 10.6 Å². The summed E-state index contributed by atoms with van der Waals surface area (Å²) < 4.78 is 33.5. The molecule has 0 aromatic heterocycles. The van der Waals surface area contributed by atoms with Crippen LogP contribution in [-0.4, -0.2) is 50.0 Å². The van der Waals surface area contributed by atoms with Gasteiger partial charge < -0.3 is 15.4 Å². The van der Waals surface area contributed by atoms with Crippen molar-refractivity contribution in [3.63, 3.8) is 0 Å². The summed E-state index contributed by atoms with van der Waals surface area (Å²) >= 11 is 0. The first-order valence-corrected chi connectivity index (χ1v) is 12.1. The second-order valence-corrected chi connectivity index (χ2v) is 10.2. The van der Waals surface area contributed by atoms with Crippen molar-refractivity contribution in [3.8, 4) is 5.75 Å². The number of ketones is 1. The van der Waals surface area contributed by atoms with Crippen LogP contribution in [0.5, 0.6) is 5.75 Å². The first kappa shape index (κ1) is 22.9. The number of aryl methyl sites for hydroxylation is 1. The normalized spacial score (nSPS) is 18.6. The molecule has 2 aromatic rings. The quantitative estimate of drug-likeness (QED) is 0.647. The van der Waals surface area contributed by atoms with Gasteiger partial charge in [0, 0.05) is 30.4 Å². The number of carbonyl (C=O) groups excluding carboxylic acids is 3. The van der Waals surface area contributed by atoms with Crippen molar-refractivity contribution < 1.29 is 27.5 Å². The van der Waals surface area contributed by atoms with Gasteiger partial charge in [0.1, 0.15) is 5.75 Å². The molecule has 1 fully saturated rings. The Hall–Kier alpha value is -3.24. The number of piperidine rings is 1. The summed E-state index contributed by atoms with van der Waals surface area (Å²) in [5.74, 6) is -0.822. The molecule has 33 heavy (non-hydrogen) atoms. The maximum absolute atomic E-state index is 13.4. The van der Waals surface area contributed by atoms with Crippen LogP contribution in [0.15, 0.2) is 41.3 Å². The van der Waals surface area contributed by atoms with E-state index >= 15 is 0 Å². The SMILES string of the molecule is CC(=O)c1ccc(NC(=O)[C@@H]2CCCN(S(=O)(=O)c3cc4c(cc3C)NC(=O)CO4)C2)cc1. The molecule has 2 aliphatic heterocycles. The van der Waals surface area contributed by atoms with Gasteiger partial charge in [0.15, 0.2) is 12.4 Å². The molecule has 2 aromatic carbocycles. The van der Waals surface area contributed by atoms with Crippen molar-refractivity contribution in [2.75, 3.05) is 30.3 Å².